The minimum absolute atomic E-state index is 0.0847. The van der Waals surface area contributed by atoms with Crippen molar-refractivity contribution < 1.29 is 0 Å². The van der Waals surface area contributed by atoms with Crippen molar-refractivity contribution in [3.05, 3.63) is 16.8 Å². The lowest BCUT2D eigenvalue weighted by molar-refractivity contribution is 0.310. The van der Waals surface area contributed by atoms with Crippen LogP contribution in [-0.2, 0) is 0 Å². The van der Waals surface area contributed by atoms with Crippen molar-refractivity contribution in [2.45, 2.75) is 40.5 Å². The lowest BCUT2D eigenvalue weighted by atomic mass is 9.86. The molecule has 3 N–H and O–H groups in total. The Balaban J connectivity index is 2.26. The molecule has 1 aromatic rings. The average molecular weight is 275 g/mol. The van der Waals surface area contributed by atoms with Crippen LogP contribution in [0, 0.1) is 31.1 Å². The summed E-state index contributed by atoms with van der Waals surface area (Å²) < 4.78 is 0. The molecule has 2 heterocycles. The maximum absolute atomic E-state index is 7.82. The minimum Gasteiger partial charge on any atom is -0.384 e. The molecule has 0 saturated carbocycles. The standard InChI is InChI=1S/C15H25N5/c1-9(2)12-5-7-20(8-6-12)15-13(14(16)17)10(3)11(4)18-19-15/h9,12H,5-8H2,1-4H3,(H3,16,17). The molecule has 5 heteroatoms. The van der Waals surface area contributed by atoms with Gasteiger partial charge in [-0.1, -0.05) is 13.8 Å². The number of nitrogens with two attached hydrogens (primary N) is 1. The van der Waals surface area contributed by atoms with E-state index >= 15 is 0 Å². The van der Waals surface area contributed by atoms with Crippen molar-refractivity contribution in [1.29, 1.82) is 5.41 Å². The number of anilines is 1. The molecule has 0 amide bonds. The van der Waals surface area contributed by atoms with Crippen LogP contribution in [-0.4, -0.2) is 29.1 Å². The lowest BCUT2D eigenvalue weighted by Crippen LogP contribution is -2.37. The number of piperidine rings is 1. The number of hydrogen-bond donors (Lipinski definition) is 2. The summed E-state index contributed by atoms with van der Waals surface area (Å²) in [5.74, 6) is 2.38. The molecular formula is C15H25N5. The van der Waals surface area contributed by atoms with Gasteiger partial charge in [0.15, 0.2) is 5.82 Å². The van der Waals surface area contributed by atoms with E-state index in [0.717, 1.165) is 47.6 Å². The second-order valence-corrected chi connectivity index (χ2v) is 6.09. The van der Waals surface area contributed by atoms with E-state index in [1.165, 1.54) is 12.8 Å². The molecule has 5 nitrogen and oxygen atoms in total. The van der Waals surface area contributed by atoms with Gasteiger partial charge in [-0.05, 0) is 44.1 Å². The fourth-order valence-corrected chi connectivity index (χ4v) is 2.92. The summed E-state index contributed by atoms with van der Waals surface area (Å²) in [6.07, 6.45) is 2.34. The molecule has 0 spiro atoms. The van der Waals surface area contributed by atoms with Crippen LogP contribution in [0.2, 0.25) is 0 Å². The summed E-state index contributed by atoms with van der Waals surface area (Å²) >= 11 is 0. The zero-order valence-electron chi connectivity index (χ0n) is 12.9. The highest BCUT2D eigenvalue weighted by atomic mass is 15.3. The van der Waals surface area contributed by atoms with E-state index in [4.69, 9.17) is 11.1 Å². The molecule has 0 atom stereocenters. The predicted octanol–water partition coefficient (Wildman–Crippen LogP) is 2.25. The molecule has 0 aliphatic carbocycles. The zero-order valence-corrected chi connectivity index (χ0v) is 12.9. The Bertz CT molecular complexity index is 501. The smallest absolute Gasteiger partial charge is 0.162 e. The molecular weight excluding hydrogens is 250 g/mol. The topological polar surface area (TPSA) is 78.9 Å². The SMILES string of the molecule is Cc1nnc(N2CCC(C(C)C)CC2)c(C(=N)N)c1C. The maximum atomic E-state index is 7.82. The fraction of sp³-hybridized carbons (Fsp3) is 0.667. The summed E-state index contributed by atoms with van der Waals surface area (Å²) in [5.41, 5.74) is 8.32. The second-order valence-electron chi connectivity index (χ2n) is 6.09. The lowest BCUT2D eigenvalue weighted by Gasteiger charge is -2.35. The second kappa shape index (κ2) is 5.77. The van der Waals surface area contributed by atoms with Crippen molar-refractivity contribution in [2.24, 2.45) is 17.6 Å². The van der Waals surface area contributed by atoms with Gasteiger partial charge in [0.05, 0.1) is 11.3 Å². The highest BCUT2D eigenvalue weighted by Crippen LogP contribution is 2.29. The first kappa shape index (κ1) is 14.8. The summed E-state index contributed by atoms with van der Waals surface area (Å²) in [6, 6.07) is 0. The summed E-state index contributed by atoms with van der Waals surface area (Å²) in [6.45, 7) is 10.4. The third kappa shape index (κ3) is 2.76. The van der Waals surface area contributed by atoms with E-state index in [-0.39, 0.29) is 5.84 Å². The normalized spacial score (nSPS) is 16.8. The van der Waals surface area contributed by atoms with Crippen LogP contribution in [0.4, 0.5) is 5.82 Å². The molecule has 1 saturated heterocycles. The molecule has 1 fully saturated rings. The highest BCUT2D eigenvalue weighted by molar-refractivity contribution is 6.01. The number of rotatable bonds is 3. The Labute approximate surface area is 121 Å². The summed E-state index contributed by atoms with van der Waals surface area (Å²) in [7, 11) is 0. The van der Waals surface area contributed by atoms with Gasteiger partial charge in [0.2, 0.25) is 0 Å². The van der Waals surface area contributed by atoms with E-state index in [0.29, 0.717) is 0 Å². The number of aryl methyl sites for hydroxylation is 1. The quantitative estimate of drug-likeness (QED) is 0.655. The van der Waals surface area contributed by atoms with Crippen LogP contribution in [0.25, 0.3) is 0 Å². The Morgan fingerprint density at radius 1 is 1.25 bits per heavy atom. The van der Waals surface area contributed by atoms with E-state index in [1.807, 2.05) is 13.8 Å². The number of nitrogens with one attached hydrogen (secondary N) is 1. The molecule has 0 bridgehead atoms. The van der Waals surface area contributed by atoms with Crippen LogP contribution in [0.15, 0.2) is 0 Å². The molecule has 2 rings (SSSR count). The van der Waals surface area contributed by atoms with Crippen molar-refractivity contribution in [3.8, 4) is 0 Å². The third-order valence-corrected chi connectivity index (χ3v) is 4.49. The molecule has 1 aliphatic rings. The van der Waals surface area contributed by atoms with Gasteiger partial charge in [-0.2, -0.15) is 5.10 Å². The largest absolute Gasteiger partial charge is 0.384 e. The Kier molecular flexibility index (Phi) is 4.26. The Morgan fingerprint density at radius 3 is 2.35 bits per heavy atom. The van der Waals surface area contributed by atoms with Gasteiger partial charge in [-0.25, -0.2) is 0 Å². The molecule has 0 aromatic carbocycles. The monoisotopic (exact) mass is 275 g/mol. The van der Waals surface area contributed by atoms with Crippen LogP contribution < -0.4 is 10.6 Å². The van der Waals surface area contributed by atoms with E-state index in [9.17, 15) is 0 Å². The summed E-state index contributed by atoms with van der Waals surface area (Å²) in [5, 5.41) is 16.3. The Hall–Kier alpha value is -1.65. The number of amidine groups is 1. The Morgan fingerprint density at radius 2 is 1.85 bits per heavy atom. The van der Waals surface area contributed by atoms with Gasteiger partial charge < -0.3 is 10.6 Å². The minimum atomic E-state index is 0.0847. The molecule has 1 aliphatic heterocycles. The van der Waals surface area contributed by atoms with Crippen molar-refractivity contribution >= 4 is 11.7 Å². The first-order valence-corrected chi connectivity index (χ1v) is 7.35. The van der Waals surface area contributed by atoms with E-state index in [1.54, 1.807) is 0 Å². The predicted molar refractivity (Wildman–Crippen MR) is 82.3 cm³/mol. The molecule has 0 unspecified atom stereocenters. The number of nitrogens with zero attached hydrogens (tertiary/aromatic N) is 3. The van der Waals surface area contributed by atoms with Gasteiger partial charge >= 0.3 is 0 Å². The van der Waals surface area contributed by atoms with Gasteiger partial charge in [-0.15, -0.1) is 5.10 Å². The van der Waals surface area contributed by atoms with Crippen molar-refractivity contribution in [2.75, 3.05) is 18.0 Å². The van der Waals surface area contributed by atoms with Crippen molar-refractivity contribution in [1.82, 2.24) is 10.2 Å². The summed E-state index contributed by atoms with van der Waals surface area (Å²) in [4.78, 5) is 2.23. The van der Waals surface area contributed by atoms with E-state index in [2.05, 4.69) is 28.9 Å². The molecule has 20 heavy (non-hydrogen) atoms. The first-order valence-electron chi connectivity index (χ1n) is 7.35. The van der Waals surface area contributed by atoms with Gasteiger partial charge in [-0.3, -0.25) is 5.41 Å². The van der Waals surface area contributed by atoms with Crippen LogP contribution in [0.5, 0.6) is 0 Å². The first-order chi connectivity index (χ1) is 9.41. The van der Waals surface area contributed by atoms with E-state index < -0.39 is 0 Å². The van der Waals surface area contributed by atoms with Gasteiger partial charge in [0, 0.05) is 13.1 Å². The number of aromatic nitrogens is 2. The fourth-order valence-electron chi connectivity index (χ4n) is 2.92. The number of nitrogen functional groups attached to an aromatic ring is 1. The van der Waals surface area contributed by atoms with Gasteiger partial charge in [0.25, 0.3) is 0 Å². The number of hydrogen-bond acceptors (Lipinski definition) is 4. The molecule has 1 aromatic heterocycles. The van der Waals surface area contributed by atoms with Crippen LogP contribution >= 0.6 is 0 Å². The van der Waals surface area contributed by atoms with Crippen molar-refractivity contribution in [3.63, 3.8) is 0 Å². The highest BCUT2D eigenvalue weighted by Gasteiger charge is 2.25. The maximum Gasteiger partial charge on any atom is 0.162 e. The average Bonchev–Trinajstić information content (AvgIpc) is 2.41. The molecule has 110 valence electrons. The molecule has 0 radical (unpaired) electrons. The zero-order chi connectivity index (χ0) is 14.9. The van der Waals surface area contributed by atoms with Crippen LogP contribution in [0.1, 0.15) is 43.5 Å². The third-order valence-electron chi connectivity index (χ3n) is 4.49. The van der Waals surface area contributed by atoms with Crippen LogP contribution in [0.3, 0.4) is 0 Å². The van der Waals surface area contributed by atoms with Gasteiger partial charge in [0.1, 0.15) is 5.84 Å².